The molecule has 0 aliphatic carbocycles. The van der Waals surface area contributed by atoms with Gasteiger partial charge in [-0.15, -0.1) is 11.3 Å². The molecule has 0 unspecified atom stereocenters. The first-order chi connectivity index (χ1) is 13.1. The van der Waals surface area contributed by atoms with Gasteiger partial charge in [-0.1, -0.05) is 60.4 Å². The molecule has 8 heteroatoms. The van der Waals surface area contributed by atoms with E-state index < -0.39 is 6.04 Å². The Labute approximate surface area is 171 Å². The van der Waals surface area contributed by atoms with Crippen LogP contribution in [0.1, 0.15) is 10.4 Å². The fraction of sp³-hybridized carbons (Fsp3) is 0.211. The third kappa shape index (κ3) is 5.26. The van der Waals surface area contributed by atoms with Gasteiger partial charge in [0, 0.05) is 4.88 Å². The monoisotopic (exact) mass is 418 g/mol. The van der Waals surface area contributed by atoms with Gasteiger partial charge < -0.3 is 10.4 Å². The van der Waals surface area contributed by atoms with Crippen LogP contribution in [0.5, 0.6) is 0 Å². The molecule has 1 aromatic carbocycles. The van der Waals surface area contributed by atoms with E-state index in [-0.39, 0.29) is 25.0 Å². The normalized spacial score (nSPS) is 16.8. The van der Waals surface area contributed by atoms with Gasteiger partial charge in [-0.3, -0.25) is 14.5 Å². The number of carbonyl (C=O) groups excluding carboxylic acids is 2. The minimum Gasteiger partial charge on any atom is -0.394 e. The Bertz CT molecular complexity index is 850. The molecule has 1 fully saturated rings. The summed E-state index contributed by atoms with van der Waals surface area (Å²) in [6.07, 6.45) is 2.30. The summed E-state index contributed by atoms with van der Waals surface area (Å²) < 4.78 is 0.363. The molecule has 0 bridgehead atoms. The number of hydrogen-bond donors (Lipinski definition) is 2. The second-order valence-electron chi connectivity index (χ2n) is 5.92. The first-order valence-corrected chi connectivity index (χ1v) is 10.4. The molecule has 2 aromatic rings. The van der Waals surface area contributed by atoms with Gasteiger partial charge in [0.25, 0.3) is 5.91 Å². The molecule has 1 aliphatic rings. The zero-order valence-electron chi connectivity index (χ0n) is 14.3. The van der Waals surface area contributed by atoms with Gasteiger partial charge in [0.05, 0.1) is 17.6 Å². The number of carbonyl (C=O) groups is 2. The predicted molar refractivity (Wildman–Crippen MR) is 113 cm³/mol. The number of thiocarbonyl (C=S) groups is 1. The van der Waals surface area contributed by atoms with Crippen LogP contribution < -0.4 is 5.32 Å². The molecule has 1 aliphatic heterocycles. The lowest BCUT2D eigenvalue weighted by Gasteiger charge is -2.19. The Morgan fingerprint density at radius 3 is 2.70 bits per heavy atom. The van der Waals surface area contributed by atoms with Crippen molar-refractivity contribution in [3.63, 3.8) is 0 Å². The molecule has 3 rings (SSSR count). The molecular weight excluding hydrogens is 400 g/mol. The maximum atomic E-state index is 12.5. The summed E-state index contributed by atoms with van der Waals surface area (Å²) >= 11 is 7.98. The van der Waals surface area contributed by atoms with Crippen molar-refractivity contribution >= 4 is 57.5 Å². The summed E-state index contributed by atoms with van der Waals surface area (Å²) in [4.78, 5) is 27.7. The van der Waals surface area contributed by atoms with E-state index >= 15 is 0 Å². The molecule has 2 N–H and O–H groups in total. The average Bonchev–Trinajstić information content (AvgIpc) is 3.26. The second kappa shape index (κ2) is 9.27. The van der Waals surface area contributed by atoms with Gasteiger partial charge in [0.15, 0.2) is 0 Å². The molecule has 5 nitrogen and oxygen atoms in total. The third-order valence-electron chi connectivity index (χ3n) is 3.90. The van der Waals surface area contributed by atoms with Crippen molar-refractivity contribution in [2.75, 3.05) is 13.2 Å². The average molecular weight is 419 g/mol. The van der Waals surface area contributed by atoms with Crippen LogP contribution in [0.2, 0.25) is 0 Å². The smallest absolute Gasteiger partial charge is 0.266 e. The summed E-state index contributed by atoms with van der Waals surface area (Å²) in [5.41, 5.74) is 1.02. The highest BCUT2D eigenvalue weighted by atomic mass is 32.2. The van der Waals surface area contributed by atoms with E-state index in [0.29, 0.717) is 15.6 Å². The number of aliphatic hydroxyl groups is 1. The van der Waals surface area contributed by atoms with E-state index in [0.717, 1.165) is 10.4 Å². The standard InChI is InChI=1S/C19H18N2O3S3/c22-12-14(9-13-5-2-1-3-6-13)20-17(23)11-21-18(24)16(27-19(21)25)10-15-7-4-8-26-15/h1-8,10,14,22H,9,11-12H2,(H,20,23)/b16-10+/t14-/m0/s1. The number of amides is 2. The van der Waals surface area contributed by atoms with Crippen LogP contribution in [-0.2, 0) is 16.0 Å². The Morgan fingerprint density at radius 2 is 2.04 bits per heavy atom. The van der Waals surface area contributed by atoms with Crippen LogP contribution in [0.15, 0.2) is 52.7 Å². The number of aliphatic hydroxyl groups excluding tert-OH is 1. The Hall–Kier alpha value is -2.00. The van der Waals surface area contributed by atoms with Gasteiger partial charge >= 0.3 is 0 Å². The maximum absolute atomic E-state index is 12.5. The molecule has 27 heavy (non-hydrogen) atoms. The number of rotatable bonds is 7. The Kier molecular flexibility index (Phi) is 6.78. The minimum absolute atomic E-state index is 0.155. The Balaban J connectivity index is 1.59. The number of benzene rings is 1. The quantitative estimate of drug-likeness (QED) is 0.534. The lowest BCUT2D eigenvalue weighted by Crippen LogP contribution is -2.45. The third-order valence-corrected chi connectivity index (χ3v) is 6.10. The van der Waals surface area contributed by atoms with Crippen molar-refractivity contribution in [1.29, 1.82) is 0 Å². The van der Waals surface area contributed by atoms with Gasteiger partial charge in [-0.05, 0) is 29.5 Å². The number of nitrogens with zero attached hydrogens (tertiary/aromatic N) is 1. The van der Waals surface area contributed by atoms with E-state index in [4.69, 9.17) is 12.2 Å². The lowest BCUT2D eigenvalue weighted by molar-refractivity contribution is -0.129. The number of nitrogens with one attached hydrogen (secondary N) is 1. The lowest BCUT2D eigenvalue weighted by atomic mass is 10.1. The molecule has 1 aromatic heterocycles. The molecule has 0 saturated carbocycles. The van der Waals surface area contributed by atoms with Crippen molar-refractivity contribution in [3.8, 4) is 0 Å². The van der Waals surface area contributed by atoms with Gasteiger partial charge in [0.2, 0.25) is 5.91 Å². The van der Waals surface area contributed by atoms with Crippen LogP contribution >= 0.6 is 35.3 Å². The summed E-state index contributed by atoms with van der Waals surface area (Å²) in [6.45, 7) is -0.338. The molecular formula is C19H18N2O3S3. The number of thioether (sulfide) groups is 1. The van der Waals surface area contributed by atoms with Crippen LogP contribution in [0.4, 0.5) is 0 Å². The van der Waals surface area contributed by atoms with Gasteiger partial charge in [-0.2, -0.15) is 0 Å². The summed E-state index contributed by atoms with van der Waals surface area (Å²) in [7, 11) is 0. The maximum Gasteiger partial charge on any atom is 0.266 e. The second-order valence-corrected chi connectivity index (χ2v) is 8.58. The highest BCUT2D eigenvalue weighted by Crippen LogP contribution is 2.33. The molecule has 0 radical (unpaired) electrons. The predicted octanol–water partition coefficient (Wildman–Crippen LogP) is 2.67. The summed E-state index contributed by atoms with van der Waals surface area (Å²) in [6, 6.07) is 13.0. The number of thiophene rings is 1. The fourth-order valence-electron chi connectivity index (χ4n) is 2.62. The van der Waals surface area contributed by atoms with E-state index in [2.05, 4.69) is 5.32 Å². The molecule has 140 valence electrons. The summed E-state index contributed by atoms with van der Waals surface area (Å²) in [5, 5.41) is 14.3. The highest BCUT2D eigenvalue weighted by Gasteiger charge is 2.33. The topological polar surface area (TPSA) is 69.6 Å². The van der Waals surface area contributed by atoms with E-state index in [9.17, 15) is 14.7 Å². The molecule has 2 heterocycles. The molecule has 0 spiro atoms. The number of hydrogen-bond acceptors (Lipinski definition) is 6. The molecule has 1 saturated heterocycles. The van der Waals surface area contributed by atoms with Crippen molar-refractivity contribution in [2.45, 2.75) is 12.5 Å². The van der Waals surface area contributed by atoms with Crippen LogP contribution in [0, 0.1) is 0 Å². The molecule has 2 amide bonds. The van der Waals surface area contributed by atoms with Crippen molar-refractivity contribution in [1.82, 2.24) is 10.2 Å². The van der Waals surface area contributed by atoms with E-state index in [1.54, 1.807) is 6.08 Å². The zero-order valence-corrected chi connectivity index (χ0v) is 16.8. The van der Waals surface area contributed by atoms with Crippen molar-refractivity contribution < 1.29 is 14.7 Å². The van der Waals surface area contributed by atoms with Crippen LogP contribution in [0.25, 0.3) is 6.08 Å². The van der Waals surface area contributed by atoms with Crippen molar-refractivity contribution in [3.05, 3.63) is 63.2 Å². The zero-order chi connectivity index (χ0) is 19.2. The summed E-state index contributed by atoms with van der Waals surface area (Å²) in [5.74, 6) is -0.615. The van der Waals surface area contributed by atoms with Crippen LogP contribution in [0.3, 0.4) is 0 Å². The first-order valence-electron chi connectivity index (χ1n) is 8.30. The fourth-order valence-corrected chi connectivity index (χ4v) is 4.59. The van der Waals surface area contributed by atoms with Gasteiger partial charge in [-0.25, -0.2) is 0 Å². The SMILES string of the molecule is O=C(CN1C(=O)/C(=C\c2cccs2)SC1=S)N[C@H](CO)Cc1ccccc1. The minimum atomic E-state index is -0.417. The van der Waals surface area contributed by atoms with E-state index in [1.165, 1.54) is 28.0 Å². The Morgan fingerprint density at radius 1 is 1.26 bits per heavy atom. The molecule has 1 atom stereocenters. The largest absolute Gasteiger partial charge is 0.394 e. The van der Waals surface area contributed by atoms with Crippen molar-refractivity contribution in [2.24, 2.45) is 0 Å². The van der Waals surface area contributed by atoms with Crippen LogP contribution in [-0.4, -0.2) is 45.3 Å². The van der Waals surface area contributed by atoms with E-state index in [1.807, 2.05) is 47.8 Å². The first kappa shape index (κ1) is 19.8. The highest BCUT2D eigenvalue weighted by molar-refractivity contribution is 8.26. The van der Waals surface area contributed by atoms with Gasteiger partial charge in [0.1, 0.15) is 10.9 Å².